The van der Waals surface area contributed by atoms with Crippen LogP contribution in [0.15, 0.2) is 42.5 Å². The van der Waals surface area contributed by atoms with E-state index in [2.05, 4.69) is 5.32 Å². The van der Waals surface area contributed by atoms with Crippen molar-refractivity contribution in [1.82, 2.24) is 5.32 Å². The van der Waals surface area contributed by atoms with E-state index in [1.54, 1.807) is 20.3 Å². The van der Waals surface area contributed by atoms with E-state index < -0.39 is 0 Å². The fourth-order valence-corrected chi connectivity index (χ4v) is 2.40. The summed E-state index contributed by atoms with van der Waals surface area (Å²) in [5.41, 5.74) is 1.93. The molecule has 23 heavy (non-hydrogen) atoms. The highest BCUT2D eigenvalue weighted by Crippen LogP contribution is 2.22. The summed E-state index contributed by atoms with van der Waals surface area (Å²) in [6.07, 6.45) is 1.08. The highest BCUT2D eigenvalue weighted by atomic mass is 35.5. The zero-order chi connectivity index (χ0) is 16.7. The minimum atomic E-state index is -0.0142. The molecule has 0 fully saturated rings. The first-order valence-corrected chi connectivity index (χ1v) is 7.72. The minimum absolute atomic E-state index is 0.0142. The van der Waals surface area contributed by atoms with E-state index in [-0.39, 0.29) is 5.91 Å². The number of hydrogen-bond acceptors (Lipinski definition) is 3. The highest BCUT2D eigenvalue weighted by Gasteiger charge is 2.06. The Morgan fingerprint density at radius 3 is 2.52 bits per heavy atom. The van der Waals surface area contributed by atoms with Gasteiger partial charge in [-0.1, -0.05) is 29.8 Å². The number of aryl methyl sites for hydroxylation is 1. The Labute approximate surface area is 141 Å². The summed E-state index contributed by atoms with van der Waals surface area (Å²) in [5, 5.41) is 3.46. The molecule has 0 aliphatic rings. The van der Waals surface area contributed by atoms with Gasteiger partial charge >= 0.3 is 0 Å². The lowest BCUT2D eigenvalue weighted by Crippen LogP contribution is -2.23. The number of methoxy groups -OCH3 is 2. The second-order valence-electron chi connectivity index (χ2n) is 5.09. The van der Waals surface area contributed by atoms with Crippen molar-refractivity contribution in [1.29, 1.82) is 0 Å². The van der Waals surface area contributed by atoms with Crippen LogP contribution in [0.25, 0.3) is 0 Å². The van der Waals surface area contributed by atoms with Gasteiger partial charge in [0.05, 0.1) is 14.2 Å². The fraction of sp³-hybridized carbons (Fsp3) is 0.278. The maximum absolute atomic E-state index is 12.0. The third kappa shape index (κ3) is 5.18. The number of carbonyl (C=O) groups excluding carboxylic acids is 1. The first-order chi connectivity index (χ1) is 11.1. The van der Waals surface area contributed by atoms with Gasteiger partial charge in [-0.2, -0.15) is 0 Å². The van der Waals surface area contributed by atoms with Crippen molar-refractivity contribution in [3.05, 3.63) is 58.6 Å². The van der Waals surface area contributed by atoms with Gasteiger partial charge in [0.2, 0.25) is 5.91 Å². The molecule has 4 nitrogen and oxygen atoms in total. The van der Waals surface area contributed by atoms with Crippen molar-refractivity contribution in [2.24, 2.45) is 0 Å². The third-order valence-corrected chi connectivity index (χ3v) is 3.86. The van der Waals surface area contributed by atoms with Crippen molar-refractivity contribution in [2.45, 2.75) is 19.4 Å². The molecule has 5 heteroatoms. The summed E-state index contributed by atoms with van der Waals surface area (Å²) in [7, 11) is 3.22. The Morgan fingerprint density at radius 2 is 1.83 bits per heavy atom. The average molecular weight is 334 g/mol. The van der Waals surface area contributed by atoms with Gasteiger partial charge in [-0.25, -0.2) is 0 Å². The minimum Gasteiger partial charge on any atom is -0.497 e. The van der Waals surface area contributed by atoms with Gasteiger partial charge in [0.1, 0.15) is 11.5 Å². The van der Waals surface area contributed by atoms with Crippen molar-refractivity contribution in [3.63, 3.8) is 0 Å². The highest BCUT2D eigenvalue weighted by molar-refractivity contribution is 6.31. The van der Waals surface area contributed by atoms with Gasteiger partial charge in [-0.05, 0) is 41.8 Å². The molecule has 0 atom stereocenters. The average Bonchev–Trinajstić information content (AvgIpc) is 2.59. The molecule has 0 unspecified atom stereocenters. The molecule has 2 aromatic rings. The summed E-state index contributed by atoms with van der Waals surface area (Å²) >= 11 is 6.15. The van der Waals surface area contributed by atoms with E-state index >= 15 is 0 Å². The summed E-state index contributed by atoms with van der Waals surface area (Å²) in [6, 6.07) is 13.1. The van der Waals surface area contributed by atoms with Crippen LogP contribution in [-0.2, 0) is 17.8 Å². The lowest BCUT2D eigenvalue weighted by Gasteiger charge is -2.09. The van der Waals surface area contributed by atoms with Crippen LogP contribution in [0.2, 0.25) is 5.02 Å². The second-order valence-corrected chi connectivity index (χ2v) is 5.49. The molecular formula is C18H20ClNO3. The van der Waals surface area contributed by atoms with Crippen LogP contribution >= 0.6 is 11.6 Å². The van der Waals surface area contributed by atoms with E-state index in [0.29, 0.717) is 30.2 Å². The van der Waals surface area contributed by atoms with E-state index in [4.69, 9.17) is 21.1 Å². The Bertz CT molecular complexity index is 673. The molecule has 0 saturated heterocycles. The number of nitrogens with one attached hydrogen (secondary N) is 1. The van der Waals surface area contributed by atoms with Crippen molar-refractivity contribution in [2.75, 3.05) is 14.2 Å². The van der Waals surface area contributed by atoms with Crippen LogP contribution in [0.3, 0.4) is 0 Å². The molecule has 0 aromatic heterocycles. The predicted molar refractivity (Wildman–Crippen MR) is 91.2 cm³/mol. The monoisotopic (exact) mass is 333 g/mol. The molecule has 1 N–H and O–H groups in total. The smallest absolute Gasteiger partial charge is 0.220 e. The number of rotatable bonds is 7. The topological polar surface area (TPSA) is 47.6 Å². The number of ether oxygens (including phenoxy) is 2. The van der Waals surface area contributed by atoms with E-state index in [0.717, 1.165) is 16.9 Å². The lowest BCUT2D eigenvalue weighted by molar-refractivity contribution is -0.121. The van der Waals surface area contributed by atoms with Crippen molar-refractivity contribution < 1.29 is 14.3 Å². The number of amides is 1. The SMILES string of the molecule is COc1cccc(CCC(=O)NCc2ccc(OC)cc2Cl)c1. The van der Waals surface area contributed by atoms with Gasteiger partial charge in [-0.3, -0.25) is 4.79 Å². The van der Waals surface area contributed by atoms with Crippen molar-refractivity contribution in [3.8, 4) is 11.5 Å². The molecule has 1 amide bonds. The summed E-state index contributed by atoms with van der Waals surface area (Å²) in [5.74, 6) is 1.48. The van der Waals surface area contributed by atoms with E-state index in [1.165, 1.54) is 0 Å². The molecule has 0 saturated carbocycles. The lowest BCUT2D eigenvalue weighted by atomic mass is 10.1. The number of hydrogen-bond donors (Lipinski definition) is 1. The Kier molecular flexibility index (Phi) is 6.29. The maximum atomic E-state index is 12.0. The molecule has 0 aliphatic heterocycles. The molecular weight excluding hydrogens is 314 g/mol. The Morgan fingerprint density at radius 1 is 1.09 bits per heavy atom. The van der Waals surface area contributed by atoms with Crippen LogP contribution < -0.4 is 14.8 Å². The van der Waals surface area contributed by atoms with Crippen molar-refractivity contribution >= 4 is 17.5 Å². The summed E-state index contributed by atoms with van der Waals surface area (Å²) < 4.78 is 10.3. The van der Waals surface area contributed by atoms with Crippen LogP contribution in [0, 0.1) is 0 Å². The van der Waals surface area contributed by atoms with Crippen LogP contribution in [0.1, 0.15) is 17.5 Å². The molecule has 0 radical (unpaired) electrons. The van der Waals surface area contributed by atoms with Gasteiger partial charge in [0.15, 0.2) is 0 Å². The third-order valence-electron chi connectivity index (χ3n) is 3.51. The standard InChI is InChI=1S/C18H20ClNO3/c1-22-15-5-3-4-13(10-15)6-9-18(21)20-12-14-7-8-16(23-2)11-17(14)19/h3-5,7-8,10-11H,6,9,12H2,1-2H3,(H,20,21). The maximum Gasteiger partial charge on any atom is 0.220 e. The number of carbonyl (C=O) groups is 1. The molecule has 0 bridgehead atoms. The summed E-state index contributed by atoms with van der Waals surface area (Å²) in [4.78, 5) is 12.0. The fourth-order valence-electron chi connectivity index (χ4n) is 2.17. The molecule has 2 rings (SSSR count). The summed E-state index contributed by atoms with van der Waals surface area (Å²) in [6.45, 7) is 0.403. The van der Waals surface area contributed by atoms with E-state index in [9.17, 15) is 4.79 Å². The quantitative estimate of drug-likeness (QED) is 0.842. The normalized spacial score (nSPS) is 10.2. The second kappa shape index (κ2) is 8.44. The number of halogens is 1. The molecule has 0 aliphatic carbocycles. The largest absolute Gasteiger partial charge is 0.497 e. The molecule has 0 spiro atoms. The van der Waals surface area contributed by atoms with Gasteiger partial charge in [-0.15, -0.1) is 0 Å². The Hall–Kier alpha value is -2.20. The van der Waals surface area contributed by atoms with Crippen LogP contribution in [0.5, 0.6) is 11.5 Å². The van der Waals surface area contributed by atoms with Crippen LogP contribution in [0.4, 0.5) is 0 Å². The van der Waals surface area contributed by atoms with E-state index in [1.807, 2.05) is 36.4 Å². The van der Waals surface area contributed by atoms with Gasteiger partial charge < -0.3 is 14.8 Å². The molecule has 2 aromatic carbocycles. The zero-order valence-corrected chi connectivity index (χ0v) is 14.0. The zero-order valence-electron chi connectivity index (χ0n) is 13.3. The van der Waals surface area contributed by atoms with Gasteiger partial charge in [0, 0.05) is 18.0 Å². The predicted octanol–water partition coefficient (Wildman–Crippen LogP) is 3.61. The first kappa shape index (κ1) is 17.2. The van der Waals surface area contributed by atoms with Gasteiger partial charge in [0.25, 0.3) is 0 Å². The Balaban J connectivity index is 1.83. The first-order valence-electron chi connectivity index (χ1n) is 7.34. The molecule has 122 valence electrons. The van der Waals surface area contributed by atoms with Crippen LogP contribution in [-0.4, -0.2) is 20.1 Å². The number of benzene rings is 2. The molecule has 0 heterocycles.